The van der Waals surface area contributed by atoms with Crippen molar-refractivity contribution in [2.75, 3.05) is 47.3 Å². The van der Waals surface area contributed by atoms with Gasteiger partial charge in [-0.05, 0) is 59.5 Å². The highest BCUT2D eigenvalue weighted by molar-refractivity contribution is 4.72. The Kier molecular flexibility index (Phi) is 10.7. The summed E-state index contributed by atoms with van der Waals surface area (Å²) in [5.41, 5.74) is 0. The lowest BCUT2D eigenvalue weighted by molar-refractivity contribution is 0.210. The minimum absolute atomic E-state index is 0.691. The summed E-state index contributed by atoms with van der Waals surface area (Å²) < 4.78 is 0. The van der Waals surface area contributed by atoms with Crippen LogP contribution in [0, 0.1) is 5.92 Å². The van der Waals surface area contributed by atoms with Gasteiger partial charge < -0.3 is 15.1 Å². The average molecular weight is 257 g/mol. The van der Waals surface area contributed by atoms with E-state index in [0.717, 1.165) is 19.0 Å². The summed E-state index contributed by atoms with van der Waals surface area (Å²) in [5, 5.41) is 3.60. The van der Waals surface area contributed by atoms with Gasteiger partial charge in [0.1, 0.15) is 0 Å². The molecule has 1 N–H and O–H groups in total. The zero-order valence-corrected chi connectivity index (χ0v) is 13.5. The molecule has 0 aliphatic heterocycles. The molecule has 0 heterocycles. The van der Waals surface area contributed by atoms with E-state index in [9.17, 15) is 0 Å². The Morgan fingerprint density at radius 2 is 1.67 bits per heavy atom. The first-order valence-electron chi connectivity index (χ1n) is 7.53. The minimum atomic E-state index is 0.691. The molecule has 0 aromatic carbocycles. The van der Waals surface area contributed by atoms with E-state index in [2.05, 4.69) is 57.0 Å². The van der Waals surface area contributed by atoms with Crippen LogP contribution in [0.2, 0.25) is 0 Å². The first kappa shape index (κ1) is 17.9. The SMILES string of the molecule is CCCC(CNCC(C)C)N(C)CCCN(C)C. The van der Waals surface area contributed by atoms with Crippen LogP contribution in [-0.2, 0) is 0 Å². The lowest BCUT2D eigenvalue weighted by atomic mass is 10.1. The smallest absolute Gasteiger partial charge is 0.0217 e. The van der Waals surface area contributed by atoms with Crippen molar-refractivity contribution in [2.45, 2.75) is 46.1 Å². The predicted octanol–water partition coefficient (Wildman–Crippen LogP) is 2.28. The molecular formula is C15H35N3. The van der Waals surface area contributed by atoms with Crippen molar-refractivity contribution >= 4 is 0 Å². The van der Waals surface area contributed by atoms with Crippen molar-refractivity contribution in [3.05, 3.63) is 0 Å². The monoisotopic (exact) mass is 257 g/mol. The Morgan fingerprint density at radius 1 is 1.00 bits per heavy atom. The molecule has 0 amide bonds. The summed E-state index contributed by atoms with van der Waals surface area (Å²) in [6, 6.07) is 0.691. The third-order valence-corrected chi connectivity index (χ3v) is 3.29. The second kappa shape index (κ2) is 10.8. The number of nitrogens with one attached hydrogen (secondary N) is 1. The molecule has 0 radical (unpaired) electrons. The molecular weight excluding hydrogens is 222 g/mol. The lowest BCUT2D eigenvalue weighted by Crippen LogP contribution is -2.41. The average Bonchev–Trinajstić information content (AvgIpc) is 2.26. The van der Waals surface area contributed by atoms with Crippen LogP contribution < -0.4 is 5.32 Å². The van der Waals surface area contributed by atoms with Crippen LogP contribution in [0.5, 0.6) is 0 Å². The van der Waals surface area contributed by atoms with Crippen molar-refractivity contribution in [3.8, 4) is 0 Å². The van der Waals surface area contributed by atoms with Gasteiger partial charge in [0.05, 0.1) is 0 Å². The molecule has 0 rings (SSSR count). The van der Waals surface area contributed by atoms with Gasteiger partial charge in [-0.15, -0.1) is 0 Å². The highest BCUT2D eigenvalue weighted by atomic mass is 15.2. The predicted molar refractivity (Wildman–Crippen MR) is 82.2 cm³/mol. The third kappa shape index (κ3) is 9.86. The van der Waals surface area contributed by atoms with E-state index < -0.39 is 0 Å². The number of nitrogens with zero attached hydrogens (tertiary/aromatic N) is 2. The van der Waals surface area contributed by atoms with Gasteiger partial charge in [0.15, 0.2) is 0 Å². The molecule has 0 aliphatic carbocycles. The van der Waals surface area contributed by atoms with E-state index in [1.165, 1.54) is 32.4 Å². The molecule has 18 heavy (non-hydrogen) atoms. The van der Waals surface area contributed by atoms with Crippen LogP contribution in [-0.4, -0.2) is 63.2 Å². The van der Waals surface area contributed by atoms with E-state index in [0.29, 0.717) is 6.04 Å². The summed E-state index contributed by atoms with van der Waals surface area (Å²) >= 11 is 0. The molecule has 0 fully saturated rings. The standard InChI is InChI=1S/C15H35N3/c1-7-9-15(13-16-12-14(2)3)18(6)11-8-10-17(4)5/h14-16H,7-13H2,1-6H3. The molecule has 110 valence electrons. The fraction of sp³-hybridized carbons (Fsp3) is 1.00. The maximum absolute atomic E-state index is 3.60. The summed E-state index contributed by atoms with van der Waals surface area (Å²) in [7, 11) is 6.56. The highest BCUT2D eigenvalue weighted by Crippen LogP contribution is 2.05. The zero-order valence-electron chi connectivity index (χ0n) is 13.5. The van der Waals surface area contributed by atoms with Crippen LogP contribution in [0.3, 0.4) is 0 Å². The molecule has 3 heteroatoms. The second-order valence-electron chi connectivity index (χ2n) is 6.13. The van der Waals surface area contributed by atoms with Gasteiger partial charge in [0, 0.05) is 12.6 Å². The van der Waals surface area contributed by atoms with Gasteiger partial charge in [-0.1, -0.05) is 27.2 Å². The van der Waals surface area contributed by atoms with E-state index in [1.807, 2.05) is 0 Å². The summed E-state index contributed by atoms with van der Waals surface area (Å²) in [5.74, 6) is 0.742. The van der Waals surface area contributed by atoms with E-state index in [1.54, 1.807) is 0 Å². The van der Waals surface area contributed by atoms with Gasteiger partial charge in [0.25, 0.3) is 0 Å². The number of hydrogen-bond acceptors (Lipinski definition) is 3. The Hall–Kier alpha value is -0.120. The number of hydrogen-bond donors (Lipinski definition) is 1. The minimum Gasteiger partial charge on any atom is -0.315 e. The molecule has 0 aliphatic rings. The molecule has 1 unspecified atom stereocenters. The lowest BCUT2D eigenvalue weighted by Gasteiger charge is -2.29. The maximum atomic E-state index is 3.60. The second-order valence-corrected chi connectivity index (χ2v) is 6.13. The van der Waals surface area contributed by atoms with Crippen molar-refractivity contribution < 1.29 is 0 Å². The van der Waals surface area contributed by atoms with Crippen molar-refractivity contribution in [3.63, 3.8) is 0 Å². The summed E-state index contributed by atoms with van der Waals surface area (Å²) in [6.07, 6.45) is 3.82. The van der Waals surface area contributed by atoms with Crippen LogP contribution >= 0.6 is 0 Å². The Bertz CT molecular complexity index is 181. The largest absolute Gasteiger partial charge is 0.315 e. The molecule has 1 atom stereocenters. The fourth-order valence-electron chi connectivity index (χ4n) is 2.17. The maximum Gasteiger partial charge on any atom is 0.0217 e. The summed E-state index contributed by atoms with van der Waals surface area (Å²) in [6.45, 7) is 11.5. The molecule has 0 bridgehead atoms. The number of rotatable bonds is 11. The van der Waals surface area contributed by atoms with Crippen molar-refractivity contribution in [1.29, 1.82) is 0 Å². The highest BCUT2D eigenvalue weighted by Gasteiger charge is 2.13. The van der Waals surface area contributed by atoms with Crippen LogP contribution in [0.4, 0.5) is 0 Å². The van der Waals surface area contributed by atoms with Crippen molar-refractivity contribution in [1.82, 2.24) is 15.1 Å². The quantitative estimate of drug-likeness (QED) is 0.613. The molecule has 3 nitrogen and oxygen atoms in total. The van der Waals surface area contributed by atoms with Gasteiger partial charge in [-0.3, -0.25) is 0 Å². The molecule has 0 aromatic heterocycles. The fourth-order valence-corrected chi connectivity index (χ4v) is 2.17. The van der Waals surface area contributed by atoms with Crippen LogP contribution in [0.1, 0.15) is 40.0 Å². The van der Waals surface area contributed by atoms with Crippen LogP contribution in [0.25, 0.3) is 0 Å². The molecule has 0 spiro atoms. The Morgan fingerprint density at radius 3 is 2.17 bits per heavy atom. The topological polar surface area (TPSA) is 18.5 Å². The van der Waals surface area contributed by atoms with E-state index in [-0.39, 0.29) is 0 Å². The molecule has 0 saturated carbocycles. The first-order chi connectivity index (χ1) is 8.47. The van der Waals surface area contributed by atoms with Gasteiger partial charge in [0.2, 0.25) is 0 Å². The van der Waals surface area contributed by atoms with Gasteiger partial charge in [-0.25, -0.2) is 0 Å². The molecule has 0 aromatic rings. The molecule has 0 saturated heterocycles. The van der Waals surface area contributed by atoms with E-state index in [4.69, 9.17) is 0 Å². The number of likely N-dealkylation sites (N-methyl/N-ethyl adjacent to an activating group) is 1. The zero-order chi connectivity index (χ0) is 14.0. The summed E-state index contributed by atoms with van der Waals surface area (Å²) in [4.78, 5) is 4.79. The third-order valence-electron chi connectivity index (χ3n) is 3.29. The van der Waals surface area contributed by atoms with Gasteiger partial charge in [-0.2, -0.15) is 0 Å². The Balaban J connectivity index is 3.90. The van der Waals surface area contributed by atoms with Gasteiger partial charge >= 0.3 is 0 Å². The van der Waals surface area contributed by atoms with Crippen molar-refractivity contribution in [2.24, 2.45) is 5.92 Å². The Labute approximate surface area is 115 Å². The van der Waals surface area contributed by atoms with E-state index >= 15 is 0 Å². The first-order valence-corrected chi connectivity index (χ1v) is 7.53. The normalized spacial score (nSPS) is 13.8. The van der Waals surface area contributed by atoms with Crippen LogP contribution in [0.15, 0.2) is 0 Å².